The molecule has 0 aromatic carbocycles. The number of nitrogens with zero attached hydrogens (tertiary/aromatic N) is 3. The van der Waals surface area contributed by atoms with Gasteiger partial charge in [-0.05, 0) is 7.05 Å². The van der Waals surface area contributed by atoms with Crippen LogP contribution in [0.25, 0.3) is 0 Å². The molecule has 0 aliphatic carbocycles. The molecule has 4 N–H and O–H groups in total. The summed E-state index contributed by atoms with van der Waals surface area (Å²) in [6.07, 6.45) is 3.34. The fourth-order valence-electron chi connectivity index (χ4n) is 1.58. The summed E-state index contributed by atoms with van der Waals surface area (Å²) in [4.78, 5) is 10.4. The maximum absolute atomic E-state index is 8.99. The molecule has 0 bridgehead atoms. The molecule has 0 aliphatic rings. The van der Waals surface area contributed by atoms with E-state index in [-0.39, 0.29) is 19.1 Å². The van der Waals surface area contributed by atoms with Gasteiger partial charge < -0.3 is 20.8 Å². The van der Waals surface area contributed by atoms with E-state index in [1.54, 1.807) is 12.4 Å². The summed E-state index contributed by atoms with van der Waals surface area (Å²) in [6, 6.07) is 0. The van der Waals surface area contributed by atoms with Gasteiger partial charge in [-0.15, -0.1) is 0 Å². The Morgan fingerprint density at radius 2 is 1.94 bits per heavy atom. The Balaban J connectivity index is 2.52. The zero-order chi connectivity index (χ0) is 12.7. The van der Waals surface area contributed by atoms with E-state index in [0.29, 0.717) is 19.6 Å². The Labute approximate surface area is 101 Å². The Kier molecular flexibility index (Phi) is 5.99. The van der Waals surface area contributed by atoms with E-state index in [9.17, 15) is 0 Å². The summed E-state index contributed by atoms with van der Waals surface area (Å²) in [6.45, 7) is 1.57. The van der Waals surface area contributed by atoms with Crippen molar-refractivity contribution in [3.8, 4) is 0 Å². The van der Waals surface area contributed by atoms with Crippen LogP contribution in [-0.2, 0) is 13.1 Å². The fourth-order valence-corrected chi connectivity index (χ4v) is 1.58. The SMILES string of the molecule is CN(Cc1cncc(CN)n1)CC(CO)CO. The summed E-state index contributed by atoms with van der Waals surface area (Å²) in [5.74, 6) is -0.120. The number of aromatic nitrogens is 2. The van der Waals surface area contributed by atoms with Gasteiger partial charge in [-0.25, -0.2) is 0 Å². The lowest BCUT2D eigenvalue weighted by Crippen LogP contribution is -2.29. The minimum absolute atomic E-state index is 0.0185. The Morgan fingerprint density at radius 1 is 1.29 bits per heavy atom. The Morgan fingerprint density at radius 3 is 2.53 bits per heavy atom. The predicted molar refractivity (Wildman–Crippen MR) is 63.9 cm³/mol. The minimum atomic E-state index is -0.120. The maximum Gasteiger partial charge on any atom is 0.0730 e. The summed E-state index contributed by atoms with van der Waals surface area (Å²) in [5.41, 5.74) is 7.09. The van der Waals surface area contributed by atoms with E-state index in [0.717, 1.165) is 11.4 Å². The van der Waals surface area contributed by atoms with Gasteiger partial charge >= 0.3 is 0 Å². The second kappa shape index (κ2) is 7.29. The van der Waals surface area contributed by atoms with Gasteiger partial charge in [0.15, 0.2) is 0 Å². The Hall–Kier alpha value is -1.08. The van der Waals surface area contributed by atoms with Crippen molar-refractivity contribution >= 4 is 0 Å². The summed E-state index contributed by atoms with van der Waals surface area (Å²) in [5, 5.41) is 18.0. The van der Waals surface area contributed by atoms with Gasteiger partial charge in [-0.1, -0.05) is 0 Å². The zero-order valence-electron chi connectivity index (χ0n) is 10.1. The first kappa shape index (κ1) is 14.0. The van der Waals surface area contributed by atoms with Crippen LogP contribution in [0.15, 0.2) is 12.4 Å². The van der Waals surface area contributed by atoms with E-state index in [4.69, 9.17) is 15.9 Å². The van der Waals surface area contributed by atoms with E-state index in [1.165, 1.54) is 0 Å². The van der Waals surface area contributed by atoms with Crippen molar-refractivity contribution in [2.24, 2.45) is 11.7 Å². The molecule has 0 fully saturated rings. The molecule has 6 nitrogen and oxygen atoms in total. The van der Waals surface area contributed by atoms with Crippen LogP contribution in [-0.4, -0.2) is 51.9 Å². The van der Waals surface area contributed by atoms with E-state index in [1.807, 2.05) is 11.9 Å². The number of hydrogen-bond acceptors (Lipinski definition) is 6. The Bertz CT molecular complexity index is 331. The molecule has 0 amide bonds. The first-order chi connectivity index (χ1) is 8.19. The lowest BCUT2D eigenvalue weighted by Gasteiger charge is -2.20. The van der Waals surface area contributed by atoms with Gasteiger partial charge in [0.2, 0.25) is 0 Å². The quantitative estimate of drug-likeness (QED) is 0.564. The van der Waals surface area contributed by atoms with Crippen LogP contribution in [0.5, 0.6) is 0 Å². The molecule has 96 valence electrons. The van der Waals surface area contributed by atoms with Crippen molar-refractivity contribution in [2.45, 2.75) is 13.1 Å². The van der Waals surface area contributed by atoms with E-state index >= 15 is 0 Å². The molecule has 17 heavy (non-hydrogen) atoms. The molecule has 0 aliphatic heterocycles. The van der Waals surface area contributed by atoms with Crippen molar-refractivity contribution in [2.75, 3.05) is 26.8 Å². The van der Waals surface area contributed by atoms with Crippen molar-refractivity contribution in [3.63, 3.8) is 0 Å². The number of rotatable bonds is 7. The summed E-state index contributed by atoms with van der Waals surface area (Å²) >= 11 is 0. The zero-order valence-corrected chi connectivity index (χ0v) is 10.1. The molecule has 0 unspecified atom stereocenters. The molecular weight excluding hydrogens is 220 g/mol. The van der Waals surface area contributed by atoms with Crippen molar-refractivity contribution in [3.05, 3.63) is 23.8 Å². The lowest BCUT2D eigenvalue weighted by molar-refractivity contribution is 0.116. The van der Waals surface area contributed by atoms with Gasteiger partial charge in [0.25, 0.3) is 0 Å². The predicted octanol–water partition coefficient (Wildman–Crippen LogP) is -1.03. The van der Waals surface area contributed by atoms with Crippen LogP contribution in [0, 0.1) is 5.92 Å². The van der Waals surface area contributed by atoms with Crippen LogP contribution < -0.4 is 5.73 Å². The maximum atomic E-state index is 8.99. The third kappa shape index (κ3) is 4.74. The number of hydrogen-bond donors (Lipinski definition) is 3. The largest absolute Gasteiger partial charge is 0.396 e. The van der Waals surface area contributed by atoms with Crippen LogP contribution in [0.4, 0.5) is 0 Å². The standard InChI is InChI=1S/C11H20N4O2/c1-15(5-9(7-16)8-17)6-11-4-13-3-10(2-12)14-11/h3-4,9,16-17H,2,5-8,12H2,1H3. The minimum Gasteiger partial charge on any atom is -0.396 e. The van der Waals surface area contributed by atoms with E-state index in [2.05, 4.69) is 9.97 Å². The first-order valence-corrected chi connectivity index (χ1v) is 5.59. The number of aliphatic hydroxyl groups is 2. The second-order valence-corrected chi connectivity index (χ2v) is 4.13. The number of aliphatic hydroxyl groups excluding tert-OH is 2. The topological polar surface area (TPSA) is 95.5 Å². The number of nitrogens with two attached hydrogens (primary N) is 1. The average Bonchev–Trinajstić information content (AvgIpc) is 2.36. The summed E-state index contributed by atoms with van der Waals surface area (Å²) in [7, 11) is 1.91. The van der Waals surface area contributed by atoms with Crippen molar-refractivity contribution in [1.29, 1.82) is 0 Å². The molecule has 0 saturated carbocycles. The molecular formula is C11H20N4O2. The first-order valence-electron chi connectivity index (χ1n) is 5.59. The average molecular weight is 240 g/mol. The monoisotopic (exact) mass is 240 g/mol. The van der Waals surface area contributed by atoms with Gasteiger partial charge in [-0.3, -0.25) is 9.97 Å². The molecule has 1 heterocycles. The molecule has 1 aromatic rings. The molecule has 1 aromatic heterocycles. The molecule has 0 atom stereocenters. The fraction of sp³-hybridized carbons (Fsp3) is 0.636. The molecule has 1 rings (SSSR count). The normalized spacial score (nSPS) is 11.4. The van der Waals surface area contributed by atoms with Crippen LogP contribution >= 0.6 is 0 Å². The molecule has 0 spiro atoms. The van der Waals surface area contributed by atoms with Crippen molar-refractivity contribution < 1.29 is 10.2 Å². The second-order valence-electron chi connectivity index (χ2n) is 4.13. The highest BCUT2D eigenvalue weighted by Gasteiger charge is 2.10. The van der Waals surface area contributed by atoms with Crippen LogP contribution in [0.2, 0.25) is 0 Å². The van der Waals surface area contributed by atoms with Gasteiger partial charge in [0, 0.05) is 51.2 Å². The smallest absolute Gasteiger partial charge is 0.0730 e. The van der Waals surface area contributed by atoms with Crippen molar-refractivity contribution in [1.82, 2.24) is 14.9 Å². The summed E-state index contributed by atoms with van der Waals surface area (Å²) < 4.78 is 0. The van der Waals surface area contributed by atoms with E-state index < -0.39 is 0 Å². The molecule has 6 heteroatoms. The molecule has 0 saturated heterocycles. The third-order valence-corrected chi connectivity index (χ3v) is 2.46. The lowest BCUT2D eigenvalue weighted by atomic mass is 10.1. The van der Waals surface area contributed by atoms with Crippen LogP contribution in [0.1, 0.15) is 11.4 Å². The van der Waals surface area contributed by atoms with Gasteiger partial charge in [-0.2, -0.15) is 0 Å². The molecule has 0 radical (unpaired) electrons. The van der Waals surface area contributed by atoms with Crippen LogP contribution in [0.3, 0.4) is 0 Å². The van der Waals surface area contributed by atoms with Gasteiger partial charge in [0.05, 0.1) is 11.4 Å². The highest BCUT2D eigenvalue weighted by molar-refractivity contribution is 5.02. The third-order valence-electron chi connectivity index (χ3n) is 2.46. The van der Waals surface area contributed by atoms with Gasteiger partial charge in [0.1, 0.15) is 0 Å². The highest BCUT2D eigenvalue weighted by Crippen LogP contribution is 2.03. The highest BCUT2D eigenvalue weighted by atomic mass is 16.3.